The van der Waals surface area contributed by atoms with E-state index >= 15 is 0 Å². The van der Waals surface area contributed by atoms with Gasteiger partial charge in [-0.05, 0) is 36.4 Å². The fourth-order valence-corrected chi connectivity index (χ4v) is 3.25. The molecule has 0 saturated heterocycles. The average Bonchev–Trinajstić information content (AvgIpc) is 2.75. The number of aromatic hydroxyl groups is 1. The molecule has 7 heteroatoms. The van der Waals surface area contributed by atoms with Crippen LogP contribution in [0.15, 0.2) is 76.6 Å². The maximum absolute atomic E-state index is 13.0. The zero-order valence-electron chi connectivity index (χ0n) is 15.4. The van der Waals surface area contributed by atoms with Crippen LogP contribution in [0.3, 0.4) is 0 Å². The minimum atomic E-state index is -0.366. The van der Waals surface area contributed by atoms with Crippen LogP contribution in [0, 0.1) is 0 Å². The van der Waals surface area contributed by atoms with Gasteiger partial charge in [0.15, 0.2) is 0 Å². The number of benzene rings is 2. The predicted octanol–water partition coefficient (Wildman–Crippen LogP) is 4.50. The number of methoxy groups -OCH3 is 1. The summed E-state index contributed by atoms with van der Waals surface area (Å²) in [6.07, 6.45) is 3.05. The van der Waals surface area contributed by atoms with Crippen LogP contribution in [0.1, 0.15) is 5.56 Å². The van der Waals surface area contributed by atoms with Crippen molar-refractivity contribution in [3.05, 3.63) is 87.8 Å². The van der Waals surface area contributed by atoms with Crippen molar-refractivity contribution in [3.63, 3.8) is 0 Å². The van der Waals surface area contributed by atoms with E-state index in [2.05, 4.69) is 9.98 Å². The van der Waals surface area contributed by atoms with Crippen LogP contribution >= 0.6 is 11.6 Å². The van der Waals surface area contributed by atoms with E-state index in [0.29, 0.717) is 38.6 Å². The number of hydrogen-bond donors (Lipinski definition) is 1. The highest BCUT2D eigenvalue weighted by molar-refractivity contribution is 6.30. The zero-order chi connectivity index (χ0) is 20.4. The molecule has 2 aromatic heterocycles. The predicted molar refractivity (Wildman–Crippen MR) is 114 cm³/mol. The van der Waals surface area contributed by atoms with Crippen molar-refractivity contribution in [1.82, 2.24) is 9.55 Å². The Kier molecular flexibility index (Phi) is 5.01. The number of rotatable bonds is 4. The summed E-state index contributed by atoms with van der Waals surface area (Å²) in [5.41, 5.74) is 0.515. The highest BCUT2D eigenvalue weighted by Crippen LogP contribution is 2.31. The van der Waals surface area contributed by atoms with Crippen molar-refractivity contribution in [2.75, 3.05) is 7.11 Å². The molecule has 4 rings (SSSR count). The Labute approximate surface area is 171 Å². The molecule has 144 valence electrons. The number of ether oxygens (including phenoxy) is 1. The molecule has 2 heterocycles. The van der Waals surface area contributed by atoms with Crippen molar-refractivity contribution in [2.24, 2.45) is 4.99 Å². The number of nitrogens with zero attached hydrogens (tertiary/aromatic N) is 3. The lowest BCUT2D eigenvalue weighted by molar-refractivity contribution is 0.416. The monoisotopic (exact) mass is 405 g/mol. The van der Waals surface area contributed by atoms with Gasteiger partial charge in [0.2, 0.25) is 5.88 Å². The first-order valence-electron chi connectivity index (χ1n) is 8.76. The lowest BCUT2D eigenvalue weighted by Crippen LogP contribution is -2.20. The normalized spacial score (nSPS) is 11.2. The van der Waals surface area contributed by atoms with E-state index in [1.807, 2.05) is 0 Å². The number of hydrogen-bond acceptors (Lipinski definition) is 5. The number of aliphatic imine (C=N–C) groups is 1. The van der Waals surface area contributed by atoms with E-state index in [1.165, 1.54) is 17.9 Å². The quantitative estimate of drug-likeness (QED) is 0.507. The molecule has 0 amide bonds. The van der Waals surface area contributed by atoms with Gasteiger partial charge < -0.3 is 9.84 Å². The molecule has 4 aromatic rings. The molecule has 0 radical (unpaired) electrons. The molecule has 29 heavy (non-hydrogen) atoms. The molecule has 0 aliphatic heterocycles. The van der Waals surface area contributed by atoms with Gasteiger partial charge in [0.25, 0.3) is 5.56 Å². The van der Waals surface area contributed by atoms with Gasteiger partial charge in [0.1, 0.15) is 17.3 Å². The van der Waals surface area contributed by atoms with Gasteiger partial charge in [-0.1, -0.05) is 35.9 Å². The van der Waals surface area contributed by atoms with Crippen LogP contribution in [0.25, 0.3) is 16.6 Å². The Hall–Kier alpha value is -3.64. The summed E-state index contributed by atoms with van der Waals surface area (Å²) in [5, 5.41) is 12.5. The van der Waals surface area contributed by atoms with Crippen molar-refractivity contribution < 1.29 is 9.84 Å². The molecule has 0 unspecified atom stereocenters. The van der Waals surface area contributed by atoms with E-state index < -0.39 is 0 Å². The first kappa shape index (κ1) is 18.7. The molecular weight excluding hydrogens is 390 g/mol. The highest BCUT2D eigenvalue weighted by atomic mass is 35.5. The van der Waals surface area contributed by atoms with Crippen molar-refractivity contribution >= 4 is 34.3 Å². The minimum absolute atomic E-state index is 0.253. The maximum atomic E-state index is 13.0. The summed E-state index contributed by atoms with van der Waals surface area (Å²) < 4.78 is 6.48. The second-order valence-electron chi connectivity index (χ2n) is 6.19. The van der Waals surface area contributed by atoms with Gasteiger partial charge in [-0.2, -0.15) is 0 Å². The summed E-state index contributed by atoms with van der Waals surface area (Å²) in [5.74, 6) is 0.598. The van der Waals surface area contributed by atoms with Crippen molar-refractivity contribution in [1.29, 1.82) is 0 Å². The third kappa shape index (κ3) is 3.46. The summed E-state index contributed by atoms with van der Waals surface area (Å²) in [6.45, 7) is 0. The molecule has 0 spiro atoms. The summed E-state index contributed by atoms with van der Waals surface area (Å²) in [4.78, 5) is 21.7. The topological polar surface area (TPSA) is 76.7 Å². The number of fused-ring (bicyclic) bond motifs is 1. The van der Waals surface area contributed by atoms with Gasteiger partial charge in [0, 0.05) is 28.2 Å². The third-order valence-corrected chi connectivity index (χ3v) is 4.69. The summed E-state index contributed by atoms with van der Waals surface area (Å²) in [7, 11) is 1.54. The van der Waals surface area contributed by atoms with Crippen LogP contribution in [-0.4, -0.2) is 28.0 Å². The number of aromatic nitrogens is 2. The van der Waals surface area contributed by atoms with E-state index in [0.717, 1.165) is 0 Å². The summed E-state index contributed by atoms with van der Waals surface area (Å²) in [6, 6.07) is 17.2. The van der Waals surface area contributed by atoms with Gasteiger partial charge in [-0.15, -0.1) is 0 Å². The van der Waals surface area contributed by atoms with Gasteiger partial charge in [-0.25, -0.2) is 9.55 Å². The Morgan fingerprint density at radius 1 is 1.10 bits per heavy atom. The molecule has 2 aromatic carbocycles. The Balaban J connectivity index is 1.98. The second-order valence-corrected chi connectivity index (χ2v) is 6.62. The van der Waals surface area contributed by atoms with Crippen LogP contribution in [0.4, 0.5) is 5.69 Å². The number of pyridine rings is 2. The van der Waals surface area contributed by atoms with Crippen LogP contribution in [-0.2, 0) is 0 Å². The van der Waals surface area contributed by atoms with Crippen molar-refractivity contribution in [2.45, 2.75) is 0 Å². The standard InChI is InChI=1S/C22H16ClN3O3/c1-29-19-10-9-14(23)12-18(19)25-13-17-15-6-2-3-7-16(15)21(27)26(22(17)28)20-8-4-5-11-24-20/h2-13,28H,1H3. The Bertz CT molecular complexity index is 1280. The molecular formula is C22H16ClN3O3. The molecule has 0 aliphatic carbocycles. The fourth-order valence-electron chi connectivity index (χ4n) is 3.09. The molecule has 1 N–H and O–H groups in total. The van der Waals surface area contributed by atoms with Gasteiger partial charge in [-0.3, -0.25) is 9.79 Å². The fraction of sp³-hybridized carbons (Fsp3) is 0.0455. The third-order valence-electron chi connectivity index (χ3n) is 4.46. The van der Waals surface area contributed by atoms with Gasteiger partial charge >= 0.3 is 0 Å². The van der Waals surface area contributed by atoms with E-state index in [9.17, 15) is 9.90 Å². The van der Waals surface area contributed by atoms with Crippen LogP contribution < -0.4 is 10.3 Å². The molecule has 0 bridgehead atoms. The molecule has 0 atom stereocenters. The Morgan fingerprint density at radius 3 is 2.59 bits per heavy atom. The first-order valence-corrected chi connectivity index (χ1v) is 9.13. The average molecular weight is 406 g/mol. The molecule has 0 fully saturated rings. The smallest absolute Gasteiger partial charge is 0.267 e. The lowest BCUT2D eigenvalue weighted by atomic mass is 10.1. The maximum Gasteiger partial charge on any atom is 0.267 e. The second kappa shape index (κ2) is 7.77. The Morgan fingerprint density at radius 2 is 1.86 bits per heavy atom. The van der Waals surface area contributed by atoms with Gasteiger partial charge in [0.05, 0.1) is 12.7 Å². The first-order chi connectivity index (χ1) is 14.1. The minimum Gasteiger partial charge on any atom is -0.494 e. The van der Waals surface area contributed by atoms with Crippen LogP contribution in [0.5, 0.6) is 11.6 Å². The zero-order valence-corrected chi connectivity index (χ0v) is 16.2. The molecule has 0 aliphatic rings. The van der Waals surface area contributed by atoms with E-state index in [4.69, 9.17) is 16.3 Å². The number of halogens is 1. The largest absolute Gasteiger partial charge is 0.494 e. The highest BCUT2D eigenvalue weighted by Gasteiger charge is 2.17. The van der Waals surface area contributed by atoms with Crippen LogP contribution in [0.2, 0.25) is 5.02 Å². The van der Waals surface area contributed by atoms with Crippen molar-refractivity contribution in [3.8, 4) is 17.4 Å². The molecule has 0 saturated carbocycles. The summed E-state index contributed by atoms with van der Waals surface area (Å²) >= 11 is 6.08. The lowest BCUT2D eigenvalue weighted by Gasteiger charge is -2.13. The molecule has 6 nitrogen and oxygen atoms in total. The van der Waals surface area contributed by atoms with E-state index in [1.54, 1.807) is 66.9 Å². The SMILES string of the molecule is COc1ccc(Cl)cc1N=Cc1c(O)n(-c2ccccn2)c(=O)c2ccccc12. The van der Waals surface area contributed by atoms with E-state index in [-0.39, 0.29) is 11.4 Å².